The van der Waals surface area contributed by atoms with Crippen LogP contribution in [0.2, 0.25) is 0 Å². The number of hydrogen-bond acceptors (Lipinski definition) is 2. The van der Waals surface area contributed by atoms with Gasteiger partial charge in [-0.05, 0) is 54.2 Å². The molecule has 0 heterocycles. The van der Waals surface area contributed by atoms with E-state index >= 15 is 0 Å². The first-order valence-corrected chi connectivity index (χ1v) is 7.50. The molecule has 0 aliphatic heterocycles. The fourth-order valence-electron chi connectivity index (χ4n) is 2.70. The van der Waals surface area contributed by atoms with E-state index in [2.05, 4.69) is 20.1 Å². The number of rotatable bonds is 6. The molecule has 2 aromatic carbocycles. The predicted molar refractivity (Wildman–Crippen MR) is 92.4 cm³/mol. The van der Waals surface area contributed by atoms with Gasteiger partial charge in [0.15, 0.2) is 0 Å². The minimum absolute atomic E-state index is 0.248. The number of aromatic hydroxyl groups is 2. The number of hydrogen-bond donors (Lipinski definition) is 2. The quantitative estimate of drug-likeness (QED) is 0.752. The smallest absolute Gasteiger partial charge is 0.123 e. The molecule has 0 saturated heterocycles. The maximum absolute atomic E-state index is 10.3. The van der Waals surface area contributed by atoms with E-state index in [0.717, 1.165) is 34.2 Å². The summed E-state index contributed by atoms with van der Waals surface area (Å²) in [5.74, 6) is 0.504. The summed E-state index contributed by atoms with van der Waals surface area (Å²) in [4.78, 5) is 0. The Morgan fingerprint density at radius 2 is 1.50 bits per heavy atom. The third kappa shape index (κ3) is 3.06. The third-order valence-corrected chi connectivity index (χ3v) is 3.86. The first-order chi connectivity index (χ1) is 10.6. The Hall–Kier alpha value is -2.48. The Morgan fingerprint density at radius 3 is 2.14 bits per heavy atom. The van der Waals surface area contributed by atoms with Crippen LogP contribution < -0.4 is 0 Å². The molecule has 0 atom stereocenters. The molecule has 114 valence electrons. The molecule has 0 aliphatic rings. The molecule has 2 N–H and O–H groups in total. The van der Waals surface area contributed by atoms with Crippen LogP contribution in [0.3, 0.4) is 0 Å². The van der Waals surface area contributed by atoms with Crippen LogP contribution in [0.25, 0.3) is 11.1 Å². The zero-order valence-corrected chi connectivity index (χ0v) is 13.0. The summed E-state index contributed by atoms with van der Waals surface area (Å²) in [6.45, 7) is 9.65. The van der Waals surface area contributed by atoms with Crippen LogP contribution in [0.5, 0.6) is 11.5 Å². The van der Waals surface area contributed by atoms with Crippen LogP contribution in [0, 0.1) is 0 Å². The van der Waals surface area contributed by atoms with Crippen molar-refractivity contribution in [3.63, 3.8) is 0 Å². The SMILES string of the molecule is C=CCc1c(O)ccc(-c2cc(CC)ccc2O)c1CC=C. The molecule has 0 spiro atoms. The van der Waals surface area contributed by atoms with Crippen molar-refractivity contribution in [3.05, 3.63) is 72.3 Å². The average Bonchev–Trinajstić information content (AvgIpc) is 2.52. The first kappa shape index (κ1) is 15.9. The molecule has 0 radical (unpaired) electrons. The third-order valence-electron chi connectivity index (χ3n) is 3.86. The summed E-state index contributed by atoms with van der Waals surface area (Å²) in [7, 11) is 0. The zero-order valence-electron chi connectivity index (χ0n) is 13.0. The van der Waals surface area contributed by atoms with E-state index in [9.17, 15) is 10.2 Å². The maximum atomic E-state index is 10.3. The highest BCUT2D eigenvalue weighted by Crippen LogP contribution is 2.37. The topological polar surface area (TPSA) is 40.5 Å². The van der Waals surface area contributed by atoms with E-state index in [0.29, 0.717) is 12.8 Å². The Bertz CT molecular complexity index is 699. The number of benzene rings is 2. The molecular formula is C20H22O2. The highest BCUT2D eigenvalue weighted by Gasteiger charge is 2.15. The fraction of sp³-hybridized carbons (Fsp3) is 0.200. The summed E-state index contributed by atoms with van der Waals surface area (Å²) < 4.78 is 0. The molecule has 2 nitrogen and oxygen atoms in total. The molecule has 0 amide bonds. The number of allylic oxidation sites excluding steroid dienone is 2. The molecule has 22 heavy (non-hydrogen) atoms. The van der Waals surface area contributed by atoms with Gasteiger partial charge < -0.3 is 10.2 Å². The second-order valence-corrected chi connectivity index (χ2v) is 5.28. The lowest BCUT2D eigenvalue weighted by Gasteiger charge is -2.16. The molecular weight excluding hydrogens is 272 g/mol. The van der Waals surface area contributed by atoms with E-state index in [-0.39, 0.29) is 11.5 Å². The van der Waals surface area contributed by atoms with Crippen LogP contribution in [0.4, 0.5) is 0 Å². The lowest BCUT2D eigenvalue weighted by molar-refractivity contribution is 0.468. The number of aryl methyl sites for hydroxylation is 1. The monoisotopic (exact) mass is 294 g/mol. The maximum Gasteiger partial charge on any atom is 0.123 e. The highest BCUT2D eigenvalue weighted by atomic mass is 16.3. The Kier molecular flexibility index (Phi) is 5.05. The van der Waals surface area contributed by atoms with Gasteiger partial charge in [0, 0.05) is 11.1 Å². The van der Waals surface area contributed by atoms with Crippen LogP contribution >= 0.6 is 0 Å². The van der Waals surface area contributed by atoms with Gasteiger partial charge in [-0.2, -0.15) is 0 Å². The summed E-state index contributed by atoms with van der Waals surface area (Å²) in [5, 5.41) is 20.4. The molecule has 0 fully saturated rings. The predicted octanol–water partition coefficient (Wildman–Crippen LogP) is 4.78. The van der Waals surface area contributed by atoms with E-state index in [4.69, 9.17) is 0 Å². The molecule has 0 bridgehead atoms. The second kappa shape index (κ2) is 6.99. The molecule has 2 heteroatoms. The molecule has 0 aliphatic carbocycles. The van der Waals surface area contributed by atoms with E-state index < -0.39 is 0 Å². The van der Waals surface area contributed by atoms with Crippen molar-refractivity contribution < 1.29 is 10.2 Å². The minimum Gasteiger partial charge on any atom is -0.508 e. The first-order valence-electron chi connectivity index (χ1n) is 7.50. The van der Waals surface area contributed by atoms with Crippen LogP contribution in [-0.4, -0.2) is 10.2 Å². The average molecular weight is 294 g/mol. The van der Waals surface area contributed by atoms with Crippen molar-refractivity contribution in [2.24, 2.45) is 0 Å². The van der Waals surface area contributed by atoms with Gasteiger partial charge in [0.2, 0.25) is 0 Å². The van der Waals surface area contributed by atoms with Crippen molar-refractivity contribution in [3.8, 4) is 22.6 Å². The molecule has 2 aromatic rings. The molecule has 0 unspecified atom stereocenters. The van der Waals surface area contributed by atoms with Crippen LogP contribution in [0.15, 0.2) is 55.6 Å². The van der Waals surface area contributed by atoms with Crippen molar-refractivity contribution in [1.82, 2.24) is 0 Å². The largest absolute Gasteiger partial charge is 0.508 e. The van der Waals surface area contributed by atoms with Crippen molar-refractivity contribution in [1.29, 1.82) is 0 Å². The van der Waals surface area contributed by atoms with Gasteiger partial charge in [-0.3, -0.25) is 0 Å². The lowest BCUT2D eigenvalue weighted by Crippen LogP contribution is -1.97. The second-order valence-electron chi connectivity index (χ2n) is 5.28. The van der Waals surface area contributed by atoms with Gasteiger partial charge in [-0.25, -0.2) is 0 Å². The minimum atomic E-state index is 0.248. The van der Waals surface area contributed by atoms with E-state index in [1.165, 1.54) is 0 Å². The van der Waals surface area contributed by atoms with Gasteiger partial charge in [0.25, 0.3) is 0 Å². The Labute approximate surface area is 132 Å². The fourth-order valence-corrected chi connectivity index (χ4v) is 2.70. The standard InChI is InChI=1S/C20H22O2/c1-4-7-15-16(10-12-19(21)17(15)8-5-2)18-13-14(6-3)9-11-20(18)22/h4-5,9-13,21-22H,1-2,6-8H2,3H3. The van der Waals surface area contributed by atoms with Crippen molar-refractivity contribution in [2.75, 3.05) is 0 Å². The number of phenolic OH excluding ortho intramolecular Hbond substituents is 2. The van der Waals surface area contributed by atoms with Crippen LogP contribution in [-0.2, 0) is 19.3 Å². The zero-order chi connectivity index (χ0) is 16.1. The summed E-state index contributed by atoms with van der Waals surface area (Å²) >= 11 is 0. The summed E-state index contributed by atoms with van der Waals surface area (Å²) in [6, 6.07) is 9.20. The highest BCUT2D eigenvalue weighted by molar-refractivity contribution is 5.76. The molecule has 0 aromatic heterocycles. The van der Waals surface area contributed by atoms with Crippen molar-refractivity contribution in [2.45, 2.75) is 26.2 Å². The van der Waals surface area contributed by atoms with Gasteiger partial charge in [-0.1, -0.05) is 31.2 Å². The normalized spacial score (nSPS) is 10.4. The summed E-state index contributed by atoms with van der Waals surface area (Å²) in [5.41, 5.74) is 4.71. The van der Waals surface area contributed by atoms with E-state index in [1.54, 1.807) is 18.2 Å². The van der Waals surface area contributed by atoms with Crippen molar-refractivity contribution >= 4 is 0 Å². The Balaban J connectivity index is 2.71. The molecule has 0 saturated carbocycles. The van der Waals surface area contributed by atoms with Gasteiger partial charge in [0.05, 0.1) is 0 Å². The Morgan fingerprint density at radius 1 is 0.864 bits per heavy atom. The van der Waals surface area contributed by atoms with Crippen LogP contribution in [0.1, 0.15) is 23.6 Å². The van der Waals surface area contributed by atoms with Gasteiger partial charge >= 0.3 is 0 Å². The lowest BCUT2D eigenvalue weighted by atomic mass is 9.90. The number of phenols is 2. The van der Waals surface area contributed by atoms with E-state index in [1.807, 2.05) is 24.3 Å². The van der Waals surface area contributed by atoms with Gasteiger partial charge in [0.1, 0.15) is 11.5 Å². The molecule has 2 rings (SSSR count). The van der Waals surface area contributed by atoms with Gasteiger partial charge in [-0.15, -0.1) is 13.2 Å². The summed E-state index contributed by atoms with van der Waals surface area (Å²) in [6.07, 6.45) is 5.70.